The highest BCUT2D eigenvalue weighted by atomic mass is 16.5. The number of carbonyl (C=O) groups excluding carboxylic acids is 1. The van der Waals surface area contributed by atoms with Crippen LogP contribution in [0.4, 0.5) is 0 Å². The zero-order chi connectivity index (χ0) is 24.2. The molecule has 1 aromatic rings. The number of likely N-dealkylation sites (tertiary alicyclic amines) is 1. The van der Waals surface area contributed by atoms with Gasteiger partial charge in [-0.25, -0.2) is 0 Å². The van der Waals surface area contributed by atoms with Crippen molar-refractivity contribution in [1.29, 1.82) is 0 Å². The summed E-state index contributed by atoms with van der Waals surface area (Å²) in [6, 6.07) is 5.38. The monoisotopic (exact) mass is 466 g/mol. The Labute approximate surface area is 203 Å². The fourth-order valence-corrected chi connectivity index (χ4v) is 6.20. The first-order chi connectivity index (χ1) is 16.4. The first-order valence-electron chi connectivity index (χ1n) is 12.7. The summed E-state index contributed by atoms with van der Waals surface area (Å²) in [7, 11) is 3.23. The summed E-state index contributed by atoms with van der Waals surface area (Å²) in [6.45, 7) is 5.12. The van der Waals surface area contributed by atoms with Crippen molar-refractivity contribution in [3.05, 3.63) is 52.5 Å². The molecule has 0 radical (unpaired) electrons. The van der Waals surface area contributed by atoms with Crippen molar-refractivity contribution in [3.63, 3.8) is 0 Å². The van der Waals surface area contributed by atoms with E-state index in [1.165, 1.54) is 18.4 Å². The SMILES string of the molecule is COc1ccc(CN2C(=O)CC(N=O)CC2CCC2C(C)C=CC3=C[C@H](C)CCC32)cc1OC. The van der Waals surface area contributed by atoms with Crippen LogP contribution in [-0.2, 0) is 11.3 Å². The molecular weight excluding hydrogens is 428 g/mol. The number of hydrogen-bond acceptors (Lipinski definition) is 5. The maximum Gasteiger partial charge on any atom is 0.225 e. The number of methoxy groups -OCH3 is 2. The van der Waals surface area contributed by atoms with E-state index in [9.17, 15) is 9.70 Å². The van der Waals surface area contributed by atoms with Crippen molar-refractivity contribution in [2.24, 2.45) is 28.8 Å². The smallest absolute Gasteiger partial charge is 0.225 e. The van der Waals surface area contributed by atoms with Crippen LogP contribution in [0.25, 0.3) is 0 Å². The molecular formula is C28H38N2O4. The van der Waals surface area contributed by atoms with Gasteiger partial charge in [-0.15, -0.1) is 0 Å². The average Bonchev–Trinajstić information content (AvgIpc) is 2.84. The number of hydrogen-bond donors (Lipinski definition) is 0. The molecule has 0 bridgehead atoms. The van der Waals surface area contributed by atoms with E-state index < -0.39 is 6.04 Å². The second-order valence-electron chi connectivity index (χ2n) is 10.4. The third kappa shape index (κ3) is 5.21. The molecule has 3 aliphatic rings. The van der Waals surface area contributed by atoms with Gasteiger partial charge in [-0.2, -0.15) is 4.91 Å². The van der Waals surface area contributed by atoms with Gasteiger partial charge in [0.2, 0.25) is 5.91 Å². The van der Waals surface area contributed by atoms with E-state index in [1.54, 1.807) is 14.2 Å². The molecule has 4 rings (SSSR count). The van der Waals surface area contributed by atoms with Crippen LogP contribution < -0.4 is 9.47 Å². The van der Waals surface area contributed by atoms with Gasteiger partial charge in [0.05, 0.1) is 20.6 Å². The third-order valence-corrected chi connectivity index (χ3v) is 8.12. The molecule has 1 saturated heterocycles. The Morgan fingerprint density at radius 2 is 1.88 bits per heavy atom. The minimum atomic E-state index is -0.422. The molecule has 34 heavy (non-hydrogen) atoms. The van der Waals surface area contributed by atoms with E-state index in [1.807, 2.05) is 23.1 Å². The van der Waals surface area contributed by atoms with Gasteiger partial charge in [0.1, 0.15) is 6.04 Å². The van der Waals surface area contributed by atoms with E-state index in [0.717, 1.165) is 18.4 Å². The zero-order valence-corrected chi connectivity index (χ0v) is 20.9. The number of allylic oxidation sites excluding steroid dienone is 4. The minimum Gasteiger partial charge on any atom is -0.493 e. The van der Waals surface area contributed by atoms with Crippen molar-refractivity contribution in [2.45, 2.75) is 71.0 Å². The van der Waals surface area contributed by atoms with Crippen LogP contribution in [-0.4, -0.2) is 37.1 Å². The fraction of sp³-hybridized carbons (Fsp3) is 0.607. The maximum atomic E-state index is 13.1. The standard InChI is InChI=1S/C28H38N2O4/c1-18-5-10-25-21(13-18)8-6-19(2)24(25)11-9-23-15-22(29-32)16-28(31)30(23)17-20-7-12-26(33-3)27(14-20)34-4/h6-8,12-14,18-19,22-25H,5,9-11,15-17H2,1-4H3/t18-,19?,22?,23?,24?,25?/m1/s1. The molecule has 0 saturated carbocycles. The Kier molecular flexibility index (Phi) is 7.74. The van der Waals surface area contributed by atoms with Crippen LogP contribution in [0, 0.1) is 28.6 Å². The Morgan fingerprint density at radius 3 is 2.62 bits per heavy atom. The van der Waals surface area contributed by atoms with Crippen molar-refractivity contribution in [1.82, 2.24) is 4.90 Å². The number of piperidine rings is 1. The predicted molar refractivity (Wildman–Crippen MR) is 134 cm³/mol. The highest BCUT2D eigenvalue weighted by Gasteiger charge is 2.37. The number of amides is 1. The quantitative estimate of drug-likeness (QED) is 0.447. The molecule has 5 unspecified atom stereocenters. The van der Waals surface area contributed by atoms with E-state index in [-0.39, 0.29) is 18.4 Å². The summed E-state index contributed by atoms with van der Waals surface area (Å²) in [6.07, 6.45) is 12.4. The van der Waals surface area contributed by atoms with Gasteiger partial charge in [0.15, 0.2) is 11.5 Å². The summed E-state index contributed by atoms with van der Waals surface area (Å²) >= 11 is 0. The van der Waals surface area contributed by atoms with Gasteiger partial charge in [0, 0.05) is 12.6 Å². The first kappa shape index (κ1) is 24.5. The van der Waals surface area contributed by atoms with Gasteiger partial charge in [0.25, 0.3) is 0 Å². The normalized spacial score (nSPS) is 31.0. The molecule has 2 aliphatic carbocycles. The first-order valence-corrected chi connectivity index (χ1v) is 12.7. The number of fused-ring (bicyclic) bond motifs is 1. The van der Waals surface area contributed by atoms with Gasteiger partial charge in [-0.05, 0) is 79.0 Å². The lowest BCUT2D eigenvalue weighted by atomic mass is 9.66. The number of benzene rings is 1. The van der Waals surface area contributed by atoms with Gasteiger partial charge in [-0.1, -0.05) is 43.3 Å². The second-order valence-corrected chi connectivity index (χ2v) is 10.4. The Hall–Kier alpha value is -2.63. The molecule has 6 atom stereocenters. The number of carbonyl (C=O) groups is 1. The number of rotatable bonds is 8. The lowest BCUT2D eigenvalue weighted by molar-refractivity contribution is -0.138. The van der Waals surface area contributed by atoms with E-state index in [2.05, 4.69) is 37.3 Å². The third-order valence-electron chi connectivity index (χ3n) is 8.12. The van der Waals surface area contributed by atoms with Crippen LogP contribution in [0.2, 0.25) is 0 Å². The Bertz CT molecular complexity index is 956. The van der Waals surface area contributed by atoms with Gasteiger partial charge in [-0.3, -0.25) is 4.79 Å². The van der Waals surface area contributed by atoms with Crippen molar-refractivity contribution < 1.29 is 14.3 Å². The Balaban J connectivity index is 1.51. The molecule has 0 spiro atoms. The Morgan fingerprint density at radius 1 is 1.09 bits per heavy atom. The summed E-state index contributed by atoms with van der Waals surface area (Å²) in [5, 5.41) is 3.27. The number of nitrogens with zero attached hydrogens (tertiary/aromatic N) is 2. The van der Waals surface area contributed by atoms with Crippen molar-refractivity contribution in [2.75, 3.05) is 14.2 Å². The average molecular weight is 467 g/mol. The van der Waals surface area contributed by atoms with Crippen LogP contribution >= 0.6 is 0 Å². The van der Waals surface area contributed by atoms with Gasteiger partial charge < -0.3 is 14.4 Å². The number of nitroso groups, excluding NO2 is 1. The van der Waals surface area contributed by atoms with Crippen LogP contribution in [0.1, 0.15) is 57.9 Å². The van der Waals surface area contributed by atoms with Crippen molar-refractivity contribution in [3.8, 4) is 11.5 Å². The summed E-state index contributed by atoms with van der Waals surface area (Å²) in [4.78, 5) is 26.4. The number of ether oxygens (including phenoxy) is 2. The van der Waals surface area contributed by atoms with Crippen LogP contribution in [0.15, 0.2) is 47.2 Å². The fourth-order valence-electron chi connectivity index (χ4n) is 6.20. The summed E-state index contributed by atoms with van der Waals surface area (Å²) < 4.78 is 10.8. The predicted octanol–water partition coefficient (Wildman–Crippen LogP) is 5.90. The molecule has 1 fully saturated rings. The molecule has 1 aromatic carbocycles. The molecule has 1 aliphatic heterocycles. The van der Waals surface area contributed by atoms with Crippen LogP contribution in [0.3, 0.4) is 0 Å². The van der Waals surface area contributed by atoms with Gasteiger partial charge >= 0.3 is 0 Å². The minimum absolute atomic E-state index is 0.0132. The highest BCUT2D eigenvalue weighted by Crippen LogP contribution is 2.44. The molecule has 1 amide bonds. The molecule has 0 aromatic heterocycles. The molecule has 184 valence electrons. The highest BCUT2D eigenvalue weighted by molar-refractivity contribution is 5.78. The largest absolute Gasteiger partial charge is 0.493 e. The summed E-state index contributed by atoms with van der Waals surface area (Å²) in [5.41, 5.74) is 2.49. The van der Waals surface area contributed by atoms with E-state index in [0.29, 0.717) is 48.1 Å². The van der Waals surface area contributed by atoms with Crippen LogP contribution in [0.5, 0.6) is 11.5 Å². The molecule has 1 heterocycles. The lowest BCUT2D eigenvalue weighted by Crippen LogP contribution is -2.47. The molecule has 6 heteroatoms. The van der Waals surface area contributed by atoms with Crippen molar-refractivity contribution >= 4 is 5.91 Å². The lowest BCUT2D eigenvalue weighted by Gasteiger charge is -2.41. The molecule has 0 N–H and O–H groups in total. The van der Waals surface area contributed by atoms with E-state index >= 15 is 0 Å². The maximum absolute atomic E-state index is 13.1. The van der Waals surface area contributed by atoms with E-state index in [4.69, 9.17) is 9.47 Å². The molecule has 6 nitrogen and oxygen atoms in total. The second kappa shape index (κ2) is 10.7. The topological polar surface area (TPSA) is 68.2 Å². The zero-order valence-electron chi connectivity index (χ0n) is 20.9. The summed E-state index contributed by atoms with van der Waals surface area (Å²) in [5.74, 6) is 3.69.